The van der Waals surface area contributed by atoms with Crippen LogP contribution in [0.1, 0.15) is 43.5 Å². The van der Waals surface area contributed by atoms with Gasteiger partial charge in [0.05, 0.1) is 5.71 Å². The van der Waals surface area contributed by atoms with Gasteiger partial charge in [0.25, 0.3) is 5.91 Å². The molecule has 0 radical (unpaired) electrons. The summed E-state index contributed by atoms with van der Waals surface area (Å²) in [5.74, 6) is 2.15. The predicted molar refractivity (Wildman–Crippen MR) is 102 cm³/mol. The van der Waals surface area contributed by atoms with Crippen LogP contribution in [0.15, 0.2) is 58.9 Å². The number of aromatic nitrogens is 1. The van der Waals surface area contributed by atoms with Gasteiger partial charge in [0.1, 0.15) is 11.6 Å². The van der Waals surface area contributed by atoms with Crippen LogP contribution in [0.5, 0.6) is 11.6 Å². The molecule has 1 saturated carbocycles. The van der Waals surface area contributed by atoms with Gasteiger partial charge < -0.3 is 10.1 Å². The summed E-state index contributed by atoms with van der Waals surface area (Å²) < 4.78 is 5.61. The van der Waals surface area contributed by atoms with Gasteiger partial charge in [-0.15, -0.1) is 5.10 Å². The van der Waals surface area contributed by atoms with Crippen molar-refractivity contribution in [1.82, 2.24) is 10.3 Å². The number of ether oxygens (including phenoxy) is 1. The van der Waals surface area contributed by atoms with Crippen LogP contribution in [0.3, 0.4) is 0 Å². The number of amidine groups is 1. The van der Waals surface area contributed by atoms with Crippen molar-refractivity contribution in [3.05, 3.63) is 54.2 Å². The Morgan fingerprint density at radius 2 is 1.85 bits per heavy atom. The summed E-state index contributed by atoms with van der Waals surface area (Å²) in [7, 11) is 0. The van der Waals surface area contributed by atoms with Crippen LogP contribution in [0, 0.1) is 5.92 Å². The van der Waals surface area contributed by atoms with Gasteiger partial charge in [0, 0.05) is 24.2 Å². The summed E-state index contributed by atoms with van der Waals surface area (Å²) in [6.07, 6.45) is 4.69. The van der Waals surface area contributed by atoms with E-state index in [0.29, 0.717) is 35.4 Å². The molecular weight excluding hydrogens is 328 g/mol. The van der Waals surface area contributed by atoms with E-state index in [4.69, 9.17) is 4.74 Å². The summed E-state index contributed by atoms with van der Waals surface area (Å²) in [5.41, 5.74) is 1.63. The first-order valence-corrected chi connectivity index (χ1v) is 8.91. The molecule has 1 fully saturated rings. The summed E-state index contributed by atoms with van der Waals surface area (Å²) in [5, 5.41) is 11.0. The SMILES string of the molecule is CC.O=C(NC1=NN=C(C2CC2)C1)c1ccc(Oc2ccccn2)cc1. The van der Waals surface area contributed by atoms with Crippen LogP contribution in [0.4, 0.5) is 0 Å². The van der Waals surface area contributed by atoms with E-state index < -0.39 is 0 Å². The maximum atomic E-state index is 12.3. The third kappa shape index (κ3) is 4.53. The molecule has 0 spiro atoms. The van der Waals surface area contributed by atoms with E-state index in [0.717, 1.165) is 5.71 Å². The highest BCUT2D eigenvalue weighted by Gasteiger charge is 2.31. The Morgan fingerprint density at radius 3 is 2.50 bits per heavy atom. The largest absolute Gasteiger partial charge is 0.439 e. The minimum atomic E-state index is -0.189. The number of hydrogen-bond acceptors (Lipinski definition) is 5. The highest BCUT2D eigenvalue weighted by molar-refractivity contribution is 6.15. The number of carbonyl (C=O) groups excluding carboxylic acids is 1. The topological polar surface area (TPSA) is 75.9 Å². The fourth-order valence-corrected chi connectivity index (χ4v) is 2.48. The molecule has 0 bridgehead atoms. The first-order valence-electron chi connectivity index (χ1n) is 8.91. The molecule has 0 unspecified atom stereocenters. The molecule has 1 amide bonds. The zero-order valence-electron chi connectivity index (χ0n) is 15.0. The normalized spacial score (nSPS) is 15.3. The molecule has 1 N–H and O–H groups in total. The number of pyridine rings is 1. The molecule has 1 aromatic carbocycles. The molecule has 1 aliphatic heterocycles. The minimum absolute atomic E-state index is 0.189. The lowest BCUT2D eigenvalue weighted by Crippen LogP contribution is -2.30. The number of carbonyl (C=O) groups is 1. The number of rotatable bonds is 4. The van der Waals surface area contributed by atoms with E-state index in [1.54, 1.807) is 36.5 Å². The average Bonchev–Trinajstić information content (AvgIpc) is 3.44. The maximum Gasteiger partial charge on any atom is 0.256 e. The van der Waals surface area contributed by atoms with E-state index in [-0.39, 0.29) is 5.91 Å². The zero-order chi connectivity index (χ0) is 18.4. The van der Waals surface area contributed by atoms with E-state index >= 15 is 0 Å². The highest BCUT2D eigenvalue weighted by Crippen LogP contribution is 2.33. The lowest BCUT2D eigenvalue weighted by Gasteiger charge is -2.07. The molecule has 2 heterocycles. The standard InChI is InChI=1S/C18H16N4O2.C2H6/c23-18(20-16-11-15(21-22-16)12-4-5-12)13-6-8-14(9-7-13)24-17-3-1-2-10-19-17;1-2/h1-3,6-10,12H,4-5,11H2,(H,20,22,23);1-2H3. The second-order valence-electron chi connectivity index (χ2n) is 5.84. The van der Waals surface area contributed by atoms with Gasteiger partial charge in [0.2, 0.25) is 5.88 Å². The van der Waals surface area contributed by atoms with Crippen LogP contribution in [0.25, 0.3) is 0 Å². The molecule has 6 nitrogen and oxygen atoms in total. The number of hydrogen-bond donors (Lipinski definition) is 1. The van der Waals surface area contributed by atoms with Crippen LogP contribution in [0.2, 0.25) is 0 Å². The van der Waals surface area contributed by atoms with Crippen molar-refractivity contribution in [3.8, 4) is 11.6 Å². The first kappa shape index (κ1) is 17.8. The van der Waals surface area contributed by atoms with Gasteiger partial charge in [0.15, 0.2) is 0 Å². The third-order valence-electron chi connectivity index (χ3n) is 3.93. The Balaban J connectivity index is 0.000000948. The van der Waals surface area contributed by atoms with E-state index in [2.05, 4.69) is 20.5 Å². The lowest BCUT2D eigenvalue weighted by atomic mass is 10.1. The fraction of sp³-hybridized carbons (Fsp3) is 0.300. The minimum Gasteiger partial charge on any atom is -0.439 e. The molecule has 26 heavy (non-hydrogen) atoms. The predicted octanol–water partition coefficient (Wildman–Crippen LogP) is 4.20. The summed E-state index contributed by atoms with van der Waals surface area (Å²) >= 11 is 0. The molecule has 134 valence electrons. The molecule has 1 aromatic heterocycles. The van der Waals surface area contributed by atoms with Gasteiger partial charge >= 0.3 is 0 Å². The van der Waals surface area contributed by atoms with Crippen LogP contribution in [-0.4, -0.2) is 22.4 Å². The van der Waals surface area contributed by atoms with Crippen molar-refractivity contribution >= 4 is 17.5 Å². The lowest BCUT2D eigenvalue weighted by molar-refractivity contribution is 0.0976. The van der Waals surface area contributed by atoms with E-state index in [9.17, 15) is 4.79 Å². The van der Waals surface area contributed by atoms with Crippen molar-refractivity contribution in [3.63, 3.8) is 0 Å². The highest BCUT2D eigenvalue weighted by atomic mass is 16.5. The van der Waals surface area contributed by atoms with Gasteiger partial charge in [-0.1, -0.05) is 19.9 Å². The molecular formula is C20H22N4O2. The second kappa shape index (κ2) is 8.38. The van der Waals surface area contributed by atoms with Crippen LogP contribution >= 0.6 is 0 Å². The Hall–Kier alpha value is -3.02. The first-order chi connectivity index (χ1) is 12.8. The zero-order valence-corrected chi connectivity index (χ0v) is 15.0. The Morgan fingerprint density at radius 1 is 1.08 bits per heavy atom. The van der Waals surface area contributed by atoms with Crippen molar-refractivity contribution in [2.75, 3.05) is 0 Å². The van der Waals surface area contributed by atoms with Crippen LogP contribution in [-0.2, 0) is 0 Å². The Bertz CT molecular complexity index is 809. The van der Waals surface area contributed by atoms with Gasteiger partial charge in [-0.25, -0.2) is 4.98 Å². The molecule has 4 rings (SSSR count). The van der Waals surface area contributed by atoms with Gasteiger partial charge in [-0.05, 0) is 49.1 Å². The van der Waals surface area contributed by atoms with Gasteiger partial charge in [-0.2, -0.15) is 5.10 Å². The third-order valence-corrected chi connectivity index (χ3v) is 3.93. The number of nitrogens with zero attached hydrogens (tertiary/aromatic N) is 3. The van der Waals surface area contributed by atoms with Crippen LogP contribution < -0.4 is 10.1 Å². The maximum absolute atomic E-state index is 12.3. The van der Waals surface area contributed by atoms with Crippen molar-refractivity contribution in [2.45, 2.75) is 33.1 Å². The molecule has 2 aliphatic rings. The molecule has 6 heteroatoms. The summed E-state index contributed by atoms with van der Waals surface area (Å²) in [4.78, 5) is 16.4. The molecule has 1 aliphatic carbocycles. The molecule has 0 saturated heterocycles. The average molecular weight is 350 g/mol. The number of amides is 1. The van der Waals surface area contributed by atoms with Crippen molar-refractivity contribution < 1.29 is 9.53 Å². The smallest absolute Gasteiger partial charge is 0.256 e. The van der Waals surface area contributed by atoms with E-state index in [1.807, 2.05) is 26.0 Å². The fourth-order valence-electron chi connectivity index (χ4n) is 2.48. The summed E-state index contributed by atoms with van der Waals surface area (Å²) in [6.45, 7) is 4.00. The monoisotopic (exact) mass is 350 g/mol. The Labute approximate surface area is 153 Å². The van der Waals surface area contributed by atoms with Crippen molar-refractivity contribution in [2.24, 2.45) is 16.1 Å². The Kier molecular flexibility index (Phi) is 5.73. The number of nitrogens with one attached hydrogen (secondary N) is 1. The number of benzene rings is 1. The summed E-state index contributed by atoms with van der Waals surface area (Å²) in [6, 6.07) is 12.4. The molecule has 2 aromatic rings. The van der Waals surface area contributed by atoms with Crippen molar-refractivity contribution in [1.29, 1.82) is 0 Å². The second-order valence-corrected chi connectivity index (χ2v) is 5.84. The van der Waals surface area contributed by atoms with E-state index in [1.165, 1.54) is 12.8 Å². The molecule has 0 atom stereocenters. The quantitative estimate of drug-likeness (QED) is 0.898. The van der Waals surface area contributed by atoms with Gasteiger partial charge in [-0.3, -0.25) is 4.79 Å².